The number of hydrogen-bond donors (Lipinski definition) is 1. The topological polar surface area (TPSA) is 75.8 Å². The van der Waals surface area contributed by atoms with Crippen LogP contribution in [0, 0.1) is 19.8 Å². The van der Waals surface area contributed by atoms with E-state index in [1.165, 1.54) is 5.56 Å². The lowest BCUT2D eigenvalue weighted by atomic mass is 9.88. The molecule has 0 bridgehead atoms. The van der Waals surface area contributed by atoms with E-state index in [2.05, 4.69) is 12.1 Å². The molecular formula is C26H30N2O4. The number of aliphatic hydroxyl groups is 1. The number of rotatable bonds is 7. The average Bonchev–Trinajstić information content (AvgIpc) is 3.29. The summed E-state index contributed by atoms with van der Waals surface area (Å²) < 4.78 is 11.1. The Morgan fingerprint density at radius 3 is 2.59 bits per heavy atom. The van der Waals surface area contributed by atoms with Crippen molar-refractivity contribution >= 4 is 5.91 Å². The van der Waals surface area contributed by atoms with Crippen LogP contribution in [0.25, 0.3) is 0 Å². The second-order valence-electron chi connectivity index (χ2n) is 8.60. The third-order valence-corrected chi connectivity index (χ3v) is 6.30. The summed E-state index contributed by atoms with van der Waals surface area (Å²) in [6.45, 7) is 5.53. The van der Waals surface area contributed by atoms with Gasteiger partial charge in [0.05, 0.1) is 6.10 Å². The molecule has 0 spiro atoms. The van der Waals surface area contributed by atoms with Crippen LogP contribution >= 0.6 is 0 Å². The Bertz CT molecular complexity index is 1040. The van der Waals surface area contributed by atoms with Gasteiger partial charge in [0.15, 0.2) is 11.5 Å². The summed E-state index contributed by atoms with van der Waals surface area (Å²) in [6.07, 6.45) is 1.81. The second kappa shape index (κ2) is 10.0. The molecule has 1 amide bonds. The number of nitrogens with zero attached hydrogens (tertiary/aromatic N) is 2. The molecule has 1 fully saturated rings. The SMILES string of the molecule is Cc1ccc(OCc2cc(C(=O)N3CCC([C@H](O)Cc4ccccc4)CC3)no2)cc1C. The highest BCUT2D eigenvalue weighted by molar-refractivity contribution is 5.92. The number of aliphatic hydroxyl groups excluding tert-OH is 1. The molecule has 1 saturated heterocycles. The van der Waals surface area contributed by atoms with Crippen LogP contribution in [0.2, 0.25) is 0 Å². The Morgan fingerprint density at radius 2 is 1.88 bits per heavy atom. The van der Waals surface area contributed by atoms with Gasteiger partial charge in [0, 0.05) is 19.2 Å². The molecule has 4 rings (SSSR count). The number of benzene rings is 2. The highest BCUT2D eigenvalue weighted by atomic mass is 16.5. The van der Waals surface area contributed by atoms with Crippen molar-refractivity contribution in [2.24, 2.45) is 5.92 Å². The molecule has 0 radical (unpaired) electrons. The molecule has 0 aliphatic carbocycles. The molecule has 0 unspecified atom stereocenters. The molecule has 1 aliphatic heterocycles. The van der Waals surface area contributed by atoms with E-state index in [1.807, 2.05) is 55.5 Å². The molecule has 1 aliphatic rings. The summed E-state index contributed by atoms with van der Waals surface area (Å²) in [5.41, 5.74) is 3.80. The summed E-state index contributed by atoms with van der Waals surface area (Å²) in [4.78, 5) is 14.6. The molecule has 0 saturated carbocycles. The number of hydrogen-bond acceptors (Lipinski definition) is 5. The van der Waals surface area contributed by atoms with Gasteiger partial charge in [-0.1, -0.05) is 41.6 Å². The molecule has 2 aromatic carbocycles. The predicted molar refractivity (Wildman–Crippen MR) is 122 cm³/mol. The molecule has 3 aromatic rings. The lowest BCUT2D eigenvalue weighted by Crippen LogP contribution is -2.41. The van der Waals surface area contributed by atoms with Crippen LogP contribution in [0.3, 0.4) is 0 Å². The number of aromatic nitrogens is 1. The van der Waals surface area contributed by atoms with Crippen LogP contribution in [-0.2, 0) is 13.0 Å². The highest BCUT2D eigenvalue weighted by Crippen LogP contribution is 2.24. The van der Waals surface area contributed by atoms with Gasteiger partial charge in [0.1, 0.15) is 12.4 Å². The number of likely N-dealkylation sites (tertiary alicyclic amines) is 1. The van der Waals surface area contributed by atoms with Gasteiger partial charge >= 0.3 is 0 Å². The molecule has 6 nitrogen and oxygen atoms in total. The predicted octanol–water partition coefficient (Wildman–Crippen LogP) is 4.33. The van der Waals surface area contributed by atoms with E-state index in [0.29, 0.717) is 31.0 Å². The highest BCUT2D eigenvalue weighted by Gasteiger charge is 2.29. The van der Waals surface area contributed by atoms with Crippen molar-refractivity contribution in [1.29, 1.82) is 0 Å². The number of piperidine rings is 1. The summed E-state index contributed by atoms with van der Waals surface area (Å²) in [5, 5.41) is 14.6. The number of carbonyl (C=O) groups is 1. The van der Waals surface area contributed by atoms with Crippen LogP contribution in [0.5, 0.6) is 5.75 Å². The lowest BCUT2D eigenvalue weighted by Gasteiger charge is -2.34. The van der Waals surface area contributed by atoms with Crippen molar-refractivity contribution < 1.29 is 19.2 Å². The van der Waals surface area contributed by atoms with Gasteiger partial charge in [-0.3, -0.25) is 4.79 Å². The molecule has 1 aromatic heterocycles. The molecule has 1 atom stereocenters. The Hall–Kier alpha value is -3.12. The fourth-order valence-electron chi connectivity index (χ4n) is 4.11. The zero-order chi connectivity index (χ0) is 22.5. The second-order valence-corrected chi connectivity index (χ2v) is 8.60. The molecular weight excluding hydrogens is 404 g/mol. The van der Waals surface area contributed by atoms with E-state index in [0.717, 1.165) is 29.7 Å². The number of ether oxygens (including phenoxy) is 1. The Kier molecular flexibility index (Phi) is 6.90. The minimum Gasteiger partial charge on any atom is -0.486 e. The first kappa shape index (κ1) is 22.1. The molecule has 2 heterocycles. The smallest absolute Gasteiger partial charge is 0.276 e. The summed E-state index contributed by atoms with van der Waals surface area (Å²) >= 11 is 0. The number of aryl methyl sites for hydroxylation is 2. The van der Waals surface area contributed by atoms with Crippen LogP contribution in [0.4, 0.5) is 0 Å². The monoisotopic (exact) mass is 434 g/mol. The van der Waals surface area contributed by atoms with E-state index in [1.54, 1.807) is 11.0 Å². The van der Waals surface area contributed by atoms with E-state index in [4.69, 9.17) is 9.26 Å². The third kappa shape index (κ3) is 5.37. The van der Waals surface area contributed by atoms with Gasteiger partial charge in [0.25, 0.3) is 5.91 Å². The molecule has 168 valence electrons. The Balaban J connectivity index is 1.27. The van der Waals surface area contributed by atoms with Gasteiger partial charge in [0.2, 0.25) is 0 Å². The lowest BCUT2D eigenvalue weighted by molar-refractivity contribution is 0.0461. The maximum Gasteiger partial charge on any atom is 0.276 e. The van der Waals surface area contributed by atoms with Crippen molar-refractivity contribution in [3.8, 4) is 5.75 Å². The van der Waals surface area contributed by atoms with Gasteiger partial charge < -0.3 is 19.3 Å². The minimum absolute atomic E-state index is 0.137. The van der Waals surface area contributed by atoms with Crippen molar-refractivity contribution in [1.82, 2.24) is 10.1 Å². The fraction of sp³-hybridized carbons (Fsp3) is 0.385. The van der Waals surface area contributed by atoms with Crippen molar-refractivity contribution in [2.75, 3.05) is 13.1 Å². The van der Waals surface area contributed by atoms with Crippen molar-refractivity contribution in [3.63, 3.8) is 0 Å². The van der Waals surface area contributed by atoms with E-state index < -0.39 is 6.10 Å². The maximum atomic E-state index is 12.8. The fourth-order valence-corrected chi connectivity index (χ4v) is 4.11. The Morgan fingerprint density at radius 1 is 1.12 bits per heavy atom. The van der Waals surface area contributed by atoms with E-state index >= 15 is 0 Å². The first-order valence-electron chi connectivity index (χ1n) is 11.2. The summed E-state index contributed by atoms with van der Waals surface area (Å²) in [5.74, 6) is 1.33. The van der Waals surface area contributed by atoms with Gasteiger partial charge in [-0.05, 0) is 67.9 Å². The zero-order valence-electron chi connectivity index (χ0n) is 18.7. The molecule has 32 heavy (non-hydrogen) atoms. The number of carbonyl (C=O) groups excluding carboxylic acids is 1. The average molecular weight is 435 g/mol. The van der Waals surface area contributed by atoms with Crippen LogP contribution in [0.1, 0.15) is 45.8 Å². The van der Waals surface area contributed by atoms with Crippen LogP contribution in [-0.4, -0.2) is 40.3 Å². The normalized spacial score (nSPS) is 15.5. The van der Waals surface area contributed by atoms with E-state index in [-0.39, 0.29) is 18.4 Å². The minimum atomic E-state index is -0.393. The third-order valence-electron chi connectivity index (χ3n) is 6.30. The van der Waals surface area contributed by atoms with Crippen LogP contribution < -0.4 is 4.74 Å². The maximum absolute atomic E-state index is 12.8. The summed E-state index contributed by atoms with van der Waals surface area (Å²) in [6, 6.07) is 17.6. The molecule has 1 N–H and O–H groups in total. The van der Waals surface area contributed by atoms with Crippen molar-refractivity contribution in [2.45, 2.75) is 45.8 Å². The standard InChI is InChI=1S/C26H30N2O4/c1-18-8-9-22(14-19(18)2)31-17-23-16-24(27-32-23)26(30)28-12-10-21(11-13-28)25(29)15-20-6-4-3-5-7-20/h3-9,14,16,21,25,29H,10-13,15,17H2,1-2H3/t25-/m1/s1. The first-order chi connectivity index (χ1) is 15.5. The van der Waals surface area contributed by atoms with Gasteiger partial charge in [-0.2, -0.15) is 0 Å². The van der Waals surface area contributed by atoms with Crippen molar-refractivity contribution in [3.05, 3.63) is 82.7 Å². The zero-order valence-corrected chi connectivity index (χ0v) is 18.7. The quantitative estimate of drug-likeness (QED) is 0.599. The Labute approximate surface area is 188 Å². The van der Waals surface area contributed by atoms with Crippen LogP contribution in [0.15, 0.2) is 59.1 Å². The van der Waals surface area contributed by atoms with Gasteiger partial charge in [-0.25, -0.2) is 0 Å². The van der Waals surface area contributed by atoms with E-state index in [9.17, 15) is 9.90 Å². The summed E-state index contributed by atoms with van der Waals surface area (Å²) in [7, 11) is 0. The van der Waals surface area contributed by atoms with Gasteiger partial charge in [-0.15, -0.1) is 0 Å². The number of amides is 1. The largest absolute Gasteiger partial charge is 0.486 e. The molecule has 6 heteroatoms. The first-order valence-corrected chi connectivity index (χ1v) is 11.2.